The minimum atomic E-state index is 0.139. The van der Waals surface area contributed by atoms with Crippen molar-refractivity contribution in [3.63, 3.8) is 0 Å². The molecule has 2 atom stereocenters. The van der Waals surface area contributed by atoms with Crippen molar-refractivity contribution in [2.75, 3.05) is 6.54 Å². The van der Waals surface area contributed by atoms with Gasteiger partial charge in [0.1, 0.15) is 0 Å². The zero-order valence-electron chi connectivity index (χ0n) is 10.5. The van der Waals surface area contributed by atoms with Crippen LogP contribution in [0, 0.1) is 5.92 Å². The van der Waals surface area contributed by atoms with E-state index >= 15 is 0 Å². The van der Waals surface area contributed by atoms with E-state index in [4.69, 9.17) is 0 Å². The number of thiophene rings is 1. The molecule has 2 N–H and O–H groups in total. The van der Waals surface area contributed by atoms with Gasteiger partial charge in [-0.1, -0.05) is 6.92 Å². The summed E-state index contributed by atoms with van der Waals surface area (Å²) < 4.78 is 0. The SMILES string of the molecule is CCc1ccc(CNC(=O)C2CCNC2C)s1. The van der Waals surface area contributed by atoms with Crippen LogP contribution in [0.5, 0.6) is 0 Å². The van der Waals surface area contributed by atoms with Gasteiger partial charge in [-0.3, -0.25) is 4.79 Å². The summed E-state index contributed by atoms with van der Waals surface area (Å²) in [6.07, 6.45) is 2.03. The number of amides is 1. The van der Waals surface area contributed by atoms with E-state index in [0.29, 0.717) is 12.6 Å². The van der Waals surface area contributed by atoms with Crippen LogP contribution >= 0.6 is 11.3 Å². The number of aryl methyl sites for hydroxylation is 1. The largest absolute Gasteiger partial charge is 0.351 e. The molecule has 0 saturated carbocycles. The van der Waals surface area contributed by atoms with Gasteiger partial charge in [0.2, 0.25) is 5.91 Å². The van der Waals surface area contributed by atoms with E-state index in [-0.39, 0.29) is 11.8 Å². The van der Waals surface area contributed by atoms with E-state index in [0.717, 1.165) is 19.4 Å². The van der Waals surface area contributed by atoms with Gasteiger partial charge in [-0.25, -0.2) is 0 Å². The number of carbonyl (C=O) groups excluding carboxylic acids is 1. The Balaban J connectivity index is 1.83. The van der Waals surface area contributed by atoms with Crippen molar-refractivity contribution in [2.24, 2.45) is 5.92 Å². The Bertz CT molecular complexity index is 389. The summed E-state index contributed by atoms with van der Waals surface area (Å²) in [4.78, 5) is 14.6. The van der Waals surface area contributed by atoms with E-state index < -0.39 is 0 Å². The number of hydrogen-bond acceptors (Lipinski definition) is 3. The highest BCUT2D eigenvalue weighted by Gasteiger charge is 2.28. The highest BCUT2D eigenvalue weighted by molar-refractivity contribution is 7.11. The van der Waals surface area contributed by atoms with Crippen molar-refractivity contribution < 1.29 is 4.79 Å². The van der Waals surface area contributed by atoms with Gasteiger partial charge in [0.15, 0.2) is 0 Å². The molecule has 17 heavy (non-hydrogen) atoms. The Labute approximate surface area is 107 Å². The fourth-order valence-corrected chi connectivity index (χ4v) is 3.13. The zero-order chi connectivity index (χ0) is 12.3. The molecule has 2 unspecified atom stereocenters. The second-order valence-electron chi connectivity index (χ2n) is 4.58. The summed E-state index contributed by atoms with van der Waals surface area (Å²) in [6, 6.07) is 4.57. The molecule has 1 aromatic heterocycles. The van der Waals surface area contributed by atoms with Crippen LogP contribution < -0.4 is 10.6 Å². The predicted octanol–water partition coefficient (Wildman–Crippen LogP) is 1.92. The molecule has 1 saturated heterocycles. The number of nitrogens with one attached hydrogen (secondary N) is 2. The molecule has 0 radical (unpaired) electrons. The van der Waals surface area contributed by atoms with Crippen LogP contribution in [0.25, 0.3) is 0 Å². The first kappa shape index (κ1) is 12.6. The van der Waals surface area contributed by atoms with E-state index in [1.165, 1.54) is 9.75 Å². The van der Waals surface area contributed by atoms with Crippen LogP contribution in [-0.2, 0) is 17.8 Å². The van der Waals surface area contributed by atoms with Crippen molar-refractivity contribution in [3.8, 4) is 0 Å². The van der Waals surface area contributed by atoms with Crippen molar-refractivity contribution >= 4 is 17.2 Å². The van der Waals surface area contributed by atoms with Crippen LogP contribution in [0.3, 0.4) is 0 Å². The second-order valence-corrected chi connectivity index (χ2v) is 5.83. The summed E-state index contributed by atoms with van der Waals surface area (Å²) >= 11 is 1.79. The van der Waals surface area contributed by atoms with Crippen molar-refractivity contribution in [1.82, 2.24) is 10.6 Å². The average molecular weight is 252 g/mol. The van der Waals surface area contributed by atoms with Crippen molar-refractivity contribution in [1.29, 1.82) is 0 Å². The van der Waals surface area contributed by atoms with E-state index in [1.54, 1.807) is 11.3 Å². The first-order valence-corrected chi connectivity index (χ1v) is 7.11. The van der Waals surface area contributed by atoms with Crippen molar-refractivity contribution in [3.05, 3.63) is 21.9 Å². The lowest BCUT2D eigenvalue weighted by Gasteiger charge is -2.14. The highest BCUT2D eigenvalue weighted by Crippen LogP contribution is 2.18. The number of carbonyl (C=O) groups is 1. The molecule has 2 heterocycles. The van der Waals surface area contributed by atoms with Gasteiger partial charge in [0, 0.05) is 15.8 Å². The lowest BCUT2D eigenvalue weighted by Crippen LogP contribution is -2.36. The van der Waals surface area contributed by atoms with Gasteiger partial charge in [0.05, 0.1) is 12.5 Å². The van der Waals surface area contributed by atoms with Crippen LogP contribution in [0.15, 0.2) is 12.1 Å². The maximum Gasteiger partial charge on any atom is 0.225 e. The van der Waals surface area contributed by atoms with Crippen LogP contribution in [-0.4, -0.2) is 18.5 Å². The summed E-state index contributed by atoms with van der Waals surface area (Å²) in [7, 11) is 0. The molecule has 0 aromatic carbocycles. The lowest BCUT2D eigenvalue weighted by atomic mass is 10.0. The lowest BCUT2D eigenvalue weighted by molar-refractivity contribution is -0.125. The van der Waals surface area contributed by atoms with Gasteiger partial charge in [-0.05, 0) is 38.4 Å². The molecule has 1 aliphatic rings. The third-order valence-electron chi connectivity index (χ3n) is 3.36. The minimum Gasteiger partial charge on any atom is -0.351 e. The van der Waals surface area contributed by atoms with Gasteiger partial charge in [-0.2, -0.15) is 0 Å². The molecular formula is C13H20N2OS. The molecule has 1 aromatic rings. The Morgan fingerprint density at radius 2 is 2.29 bits per heavy atom. The molecule has 2 rings (SSSR count). The fraction of sp³-hybridized carbons (Fsp3) is 0.615. The van der Waals surface area contributed by atoms with Gasteiger partial charge in [-0.15, -0.1) is 11.3 Å². The molecule has 1 amide bonds. The standard InChI is InChI=1S/C13H20N2OS/c1-3-10-4-5-11(17-10)8-15-13(16)12-6-7-14-9(12)2/h4-5,9,12,14H,3,6-8H2,1-2H3,(H,15,16). The summed E-state index contributed by atoms with van der Waals surface area (Å²) in [6.45, 7) is 5.86. The number of hydrogen-bond donors (Lipinski definition) is 2. The molecule has 0 spiro atoms. The number of rotatable bonds is 4. The first-order valence-electron chi connectivity index (χ1n) is 6.29. The quantitative estimate of drug-likeness (QED) is 0.859. The summed E-state index contributed by atoms with van der Waals surface area (Å²) in [5, 5.41) is 6.34. The van der Waals surface area contributed by atoms with Gasteiger partial charge < -0.3 is 10.6 Å². The zero-order valence-corrected chi connectivity index (χ0v) is 11.3. The Morgan fingerprint density at radius 1 is 1.53 bits per heavy atom. The van der Waals surface area contributed by atoms with E-state index in [2.05, 4.69) is 36.6 Å². The Hall–Kier alpha value is -0.870. The van der Waals surface area contributed by atoms with Gasteiger partial charge >= 0.3 is 0 Å². The van der Waals surface area contributed by atoms with Gasteiger partial charge in [0.25, 0.3) is 0 Å². The van der Waals surface area contributed by atoms with E-state index in [1.807, 2.05) is 0 Å². The Morgan fingerprint density at radius 3 is 2.88 bits per heavy atom. The Kier molecular flexibility index (Phi) is 4.18. The third-order valence-corrected chi connectivity index (χ3v) is 4.59. The predicted molar refractivity (Wildman–Crippen MR) is 71.1 cm³/mol. The topological polar surface area (TPSA) is 41.1 Å². The molecule has 0 aliphatic carbocycles. The maximum absolute atomic E-state index is 12.0. The van der Waals surface area contributed by atoms with E-state index in [9.17, 15) is 4.79 Å². The molecule has 3 nitrogen and oxygen atoms in total. The molecule has 1 aliphatic heterocycles. The van der Waals surface area contributed by atoms with Crippen LogP contribution in [0.1, 0.15) is 30.0 Å². The molecule has 4 heteroatoms. The van der Waals surface area contributed by atoms with Crippen LogP contribution in [0.2, 0.25) is 0 Å². The maximum atomic E-state index is 12.0. The molecule has 94 valence electrons. The first-order chi connectivity index (χ1) is 8.20. The fourth-order valence-electron chi connectivity index (χ4n) is 2.23. The molecular weight excluding hydrogens is 232 g/mol. The minimum absolute atomic E-state index is 0.139. The average Bonchev–Trinajstić information content (AvgIpc) is 2.94. The highest BCUT2D eigenvalue weighted by atomic mass is 32.1. The molecule has 0 bridgehead atoms. The third kappa shape index (κ3) is 3.07. The monoisotopic (exact) mass is 252 g/mol. The normalized spacial score (nSPS) is 23.9. The summed E-state index contributed by atoms with van der Waals surface area (Å²) in [5.74, 6) is 0.328. The van der Waals surface area contributed by atoms with Crippen molar-refractivity contribution in [2.45, 2.75) is 39.3 Å². The smallest absolute Gasteiger partial charge is 0.225 e. The van der Waals surface area contributed by atoms with Crippen LogP contribution in [0.4, 0.5) is 0 Å². The summed E-state index contributed by atoms with van der Waals surface area (Å²) in [5.41, 5.74) is 0. The second kappa shape index (κ2) is 5.65. The molecule has 1 fully saturated rings.